The van der Waals surface area contributed by atoms with E-state index >= 15 is 0 Å². The van der Waals surface area contributed by atoms with Gasteiger partial charge in [0.2, 0.25) is 11.8 Å². The van der Waals surface area contributed by atoms with E-state index in [-0.39, 0.29) is 10.6 Å². The van der Waals surface area contributed by atoms with Gasteiger partial charge in [0.25, 0.3) is 5.91 Å². The van der Waals surface area contributed by atoms with Gasteiger partial charge in [0.05, 0.1) is 10.6 Å². The molecular formula is C11H11Cl2N3O3. The number of carbonyl (C=O) groups excluding carboxylic acids is 3. The van der Waals surface area contributed by atoms with E-state index in [1.165, 1.54) is 18.2 Å². The molecule has 0 bridgehead atoms. The van der Waals surface area contributed by atoms with Crippen LogP contribution in [0.15, 0.2) is 18.2 Å². The summed E-state index contributed by atoms with van der Waals surface area (Å²) < 4.78 is 0. The number of hydrogen-bond acceptors (Lipinski definition) is 3. The maximum absolute atomic E-state index is 12.2. The highest BCUT2D eigenvalue weighted by Crippen LogP contribution is 2.22. The number of carbonyl (C=O) groups is 3. The summed E-state index contributed by atoms with van der Waals surface area (Å²) >= 11 is 11.6. The first-order valence-electron chi connectivity index (χ1n) is 5.12. The molecule has 0 unspecified atom stereocenters. The molecule has 1 aromatic carbocycles. The molecule has 0 saturated heterocycles. The van der Waals surface area contributed by atoms with Gasteiger partial charge in [-0.1, -0.05) is 23.2 Å². The molecule has 102 valence electrons. The fourth-order valence-electron chi connectivity index (χ4n) is 1.41. The predicted molar refractivity (Wildman–Crippen MR) is 70.8 cm³/mol. The molecule has 4 N–H and O–H groups in total. The van der Waals surface area contributed by atoms with Crippen molar-refractivity contribution in [1.82, 2.24) is 4.90 Å². The Morgan fingerprint density at radius 3 is 2.05 bits per heavy atom. The first-order valence-corrected chi connectivity index (χ1v) is 5.87. The topological polar surface area (TPSA) is 106 Å². The molecule has 19 heavy (non-hydrogen) atoms. The van der Waals surface area contributed by atoms with Gasteiger partial charge in [-0.2, -0.15) is 0 Å². The lowest BCUT2D eigenvalue weighted by molar-refractivity contribution is -0.121. The van der Waals surface area contributed by atoms with Crippen molar-refractivity contribution in [3.8, 4) is 0 Å². The minimum absolute atomic E-state index is 0.0664. The van der Waals surface area contributed by atoms with Crippen LogP contribution in [0.25, 0.3) is 0 Å². The average Bonchev–Trinajstić information content (AvgIpc) is 2.29. The maximum Gasteiger partial charge on any atom is 0.256 e. The van der Waals surface area contributed by atoms with Gasteiger partial charge in [0.1, 0.15) is 13.1 Å². The second-order valence-electron chi connectivity index (χ2n) is 3.72. The first-order chi connectivity index (χ1) is 8.81. The molecular weight excluding hydrogens is 293 g/mol. The molecule has 0 heterocycles. The molecule has 0 saturated carbocycles. The second kappa shape index (κ2) is 6.40. The zero-order valence-electron chi connectivity index (χ0n) is 9.73. The maximum atomic E-state index is 12.2. The molecule has 0 aliphatic carbocycles. The molecule has 1 aromatic rings. The van der Waals surface area contributed by atoms with Gasteiger partial charge < -0.3 is 16.4 Å². The molecule has 0 aromatic heterocycles. The molecule has 8 heteroatoms. The Labute approximate surface area is 119 Å². The van der Waals surface area contributed by atoms with E-state index in [2.05, 4.69) is 0 Å². The quantitative estimate of drug-likeness (QED) is 0.822. The Morgan fingerprint density at radius 1 is 1.05 bits per heavy atom. The van der Waals surface area contributed by atoms with Gasteiger partial charge in [0.15, 0.2) is 0 Å². The van der Waals surface area contributed by atoms with Crippen LogP contribution in [0, 0.1) is 0 Å². The summed E-state index contributed by atoms with van der Waals surface area (Å²) in [6.45, 7) is -0.880. The largest absolute Gasteiger partial charge is 0.368 e. The highest BCUT2D eigenvalue weighted by Gasteiger charge is 2.21. The smallest absolute Gasteiger partial charge is 0.256 e. The zero-order chi connectivity index (χ0) is 14.6. The molecule has 0 atom stereocenters. The van der Waals surface area contributed by atoms with Gasteiger partial charge in [-0.25, -0.2) is 0 Å². The van der Waals surface area contributed by atoms with E-state index in [4.69, 9.17) is 34.7 Å². The molecule has 6 nitrogen and oxygen atoms in total. The SMILES string of the molecule is NC(=O)CN(CC(N)=O)C(=O)c1cc(Cl)ccc1Cl. The van der Waals surface area contributed by atoms with E-state index in [0.29, 0.717) is 5.02 Å². The standard InChI is InChI=1S/C11H11Cl2N3O3/c12-6-1-2-8(13)7(3-6)11(19)16(4-9(14)17)5-10(15)18/h1-3H,4-5H2,(H2,14,17)(H2,15,18). The van der Waals surface area contributed by atoms with Crippen LogP contribution >= 0.6 is 23.2 Å². The van der Waals surface area contributed by atoms with Gasteiger partial charge in [-0.3, -0.25) is 14.4 Å². The van der Waals surface area contributed by atoms with Crippen LogP contribution in [0.4, 0.5) is 0 Å². The Morgan fingerprint density at radius 2 is 1.58 bits per heavy atom. The highest BCUT2D eigenvalue weighted by molar-refractivity contribution is 6.35. The molecule has 0 aliphatic heterocycles. The van der Waals surface area contributed by atoms with Crippen molar-refractivity contribution in [2.24, 2.45) is 11.5 Å². The number of nitrogens with two attached hydrogens (primary N) is 2. The van der Waals surface area contributed by atoms with E-state index in [0.717, 1.165) is 4.90 Å². The fourth-order valence-corrected chi connectivity index (χ4v) is 1.78. The first kappa shape index (κ1) is 15.3. The lowest BCUT2D eigenvalue weighted by Crippen LogP contribution is -2.43. The van der Waals surface area contributed by atoms with Crippen LogP contribution < -0.4 is 11.5 Å². The van der Waals surface area contributed by atoms with Crippen molar-refractivity contribution in [1.29, 1.82) is 0 Å². The van der Waals surface area contributed by atoms with Gasteiger partial charge >= 0.3 is 0 Å². The summed E-state index contributed by atoms with van der Waals surface area (Å²) in [5.41, 5.74) is 10.1. The number of rotatable bonds is 5. The fraction of sp³-hybridized carbons (Fsp3) is 0.182. The zero-order valence-corrected chi connectivity index (χ0v) is 11.2. The highest BCUT2D eigenvalue weighted by atomic mass is 35.5. The van der Waals surface area contributed by atoms with Crippen molar-refractivity contribution < 1.29 is 14.4 Å². The summed E-state index contributed by atoms with van der Waals surface area (Å²) in [6.07, 6.45) is 0. The second-order valence-corrected chi connectivity index (χ2v) is 4.56. The molecule has 3 amide bonds. The van der Waals surface area contributed by atoms with E-state index in [9.17, 15) is 14.4 Å². The Balaban J connectivity index is 3.07. The monoisotopic (exact) mass is 303 g/mol. The van der Waals surface area contributed by atoms with Crippen LogP contribution in [0.3, 0.4) is 0 Å². The van der Waals surface area contributed by atoms with Gasteiger partial charge in [0, 0.05) is 5.02 Å². The summed E-state index contributed by atoms with van der Waals surface area (Å²) in [7, 11) is 0. The van der Waals surface area contributed by atoms with Crippen LogP contribution in [-0.2, 0) is 9.59 Å². The number of hydrogen-bond donors (Lipinski definition) is 2. The predicted octanol–water partition coefficient (Wildman–Crippen LogP) is 0.406. The van der Waals surface area contributed by atoms with Gasteiger partial charge in [-0.05, 0) is 18.2 Å². The minimum atomic E-state index is -0.771. The van der Waals surface area contributed by atoms with Gasteiger partial charge in [-0.15, -0.1) is 0 Å². The normalized spacial score (nSPS) is 10.0. The third-order valence-electron chi connectivity index (χ3n) is 2.14. The summed E-state index contributed by atoms with van der Waals surface area (Å²) in [5, 5.41) is 0.444. The van der Waals surface area contributed by atoms with E-state index in [1.807, 2.05) is 0 Å². The molecule has 1 rings (SSSR count). The van der Waals surface area contributed by atoms with E-state index < -0.39 is 30.8 Å². The van der Waals surface area contributed by atoms with Crippen molar-refractivity contribution in [2.75, 3.05) is 13.1 Å². The molecule has 0 fully saturated rings. The lowest BCUT2D eigenvalue weighted by Gasteiger charge is -2.20. The van der Waals surface area contributed by atoms with Crippen molar-refractivity contribution in [3.05, 3.63) is 33.8 Å². The summed E-state index contributed by atoms with van der Waals surface area (Å²) in [5.74, 6) is -2.19. The van der Waals surface area contributed by atoms with E-state index in [1.54, 1.807) is 0 Å². The van der Waals surface area contributed by atoms with Crippen molar-refractivity contribution in [3.63, 3.8) is 0 Å². The average molecular weight is 304 g/mol. The number of nitrogens with zero attached hydrogens (tertiary/aromatic N) is 1. The Bertz CT molecular complexity index is 518. The third kappa shape index (κ3) is 4.42. The molecule has 0 radical (unpaired) electrons. The van der Waals surface area contributed by atoms with Crippen LogP contribution in [0.1, 0.15) is 10.4 Å². The number of amides is 3. The Hall–Kier alpha value is -1.79. The summed E-state index contributed by atoms with van der Waals surface area (Å²) in [4.78, 5) is 34.9. The lowest BCUT2D eigenvalue weighted by atomic mass is 10.2. The van der Waals surface area contributed by atoms with Crippen LogP contribution in [0.5, 0.6) is 0 Å². The summed E-state index contributed by atoms with van der Waals surface area (Å²) in [6, 6.07) is 4.28. The number of benzene rings is 1. The minimum Gasteiger partial charge on any atom is -0.368 e. The van der Waals surface area contributed by atoms with Crippen molar-refractivity contribution >= 4 is 40.9 Å². The number of halogens is 2. The van der Waals surface area contributed by atoms with Crippen LogP contribution in [0.2, 0.25) is 10.0 Å². The third-order valence-corrected chi connectivity index (χ3v) is 2.70. The van der Waals surface area contributed by atoms with Crippen molar-refractivity contribution in [2.45, 2.75) is 0 Å². The Kier molecular flexibility index (Phi) is 5.14. The number of primary amides is 2. The molecule has 0 spiro atoms. The molecule has 0 aliphatic rings. The van der Waals surface area contributed by atoms with Crippen LogP contribution in [-0.4, -0.2) is 35.7 Å².